The zero-order valence-corrected chi connectivity index (χ0v) is 14.0. The lowest BCUT2D eigenvalue weighted by Crippen LogP contribution is -2.27. The molecule has 0 aromatic carbocycles. The molecule has 1 N–H and O–H groups in total. The molecule has 1 heterocycles. The van der Waals surface area contributed by atoms with Gasteiger partial charge >= 0.3 is 0 Å². The highest BCUT2D eigenvalue weighted by molar-refractivity contribution is 9.10. The maximum absolute atomic E-state index is 11.9. The summed E-state index contributed by atoms with van der Waals surface area (Å²) in [5, 5.41) is 7.48. The molecule has 1 aromatic rings. The third-order valence-electron chi connectivity index (χ3n) is 3.53. The zero-order chi connectivity index (χ0) is 14.6. The lowest BCUT2D eigenvalue weighted by atomic mass is 9.85. The molecule has 5 heteroatoms. The van der Waals surface area contributed by atoms with Gasteiger partial charge in [-0.3, -0.25) is 4.79 Å². The first-order valence-electron chi connectivity index (χ1n) is 6.87. The second-order valence-corrected chi connectivity index (χ2v) is 6.32. The molecule has 1 aromatic heterocycles. The van der Waals surface area contributed by atoms with Gasteiger partial charge in [0.05, 0.1) is 11.9 Å². The predicted octanol–water partition coefficient (Wildman–Crippen LogP) is 3.37. The summed E-state index contributed by atoms with van der Waals surface area (Å²) in [6.07, 6.45) is 1.71. The van der Waals surface area contributed by atoms with Crippen molar-refractivity contribution in [1.82, 2.24) is 9.78 Å². The van der Waals surface area contributed by atoms with Crippen molar-refractivity contribution in [2.24, 2.45) is 17.8 Å². The Bertz CT molecular complexity index is 460. The van der Waals surface area contributed by atoms with Crippen molar-refractivity contribution in [1.29, 1.82) is 0 Å². The van der Waals surface area contributed by atoms with Crippen LogP contribution in [0.3, 0.4) is 0 Å². The van der Waals surface area contributed by atoms with E-state index in [0.717, 1.165) is 12.2 Å². The van der Waals surface area contributed by atoms with Gasteiger partial charge in [-0.25, -0.2) is 4.68 Å². The molecule has 0 aliphatic carbocycles. The van der Waals surface area contributed by atoms with Crippen molar-refractivity contribution < 1.29 is 0 Å². The maximum Gasteiger partial charge on any atom is 0.283 e. The Hall–Kier alpha value is -0.840. The molecule has 0 fully saturated rings. The summed E-state index contributed by atoms with van der Waals surface area (Å²) >= 11 is 3.36. The minimum absolute atomic E-state index is 0.0851. The molecule has 19 heavy (non-hydrogen) atoms. The normalized spacial score (nSPS) is 11.6. The Morgan fingerprint density at radius 2 is 1.89 bits per heavy atom. The van der Waals surface area contributed by atoms with Crippen LogP contribution in [-0.4, -0.2) is 16.3 Å². The molecule has 0 saturated carbocycles. The summed E-state index contributed by atoms with van der Waals surface area (Å²) in [6.45, 7) is 12.3. The molecular formula is C14H24BrN3O. The predicted molar refractivity (Wildman–Crippen MR) is 83.5 cm³/mol. The highest BCUT2D eigenvalue weighted by Crippen LogP contribution is 2.23. The highest BCUT2D eigenvalue weighted by atomic mass is 79.9. The molecule has 0 atom stereocenters. The first-order chi connectivity index (χ1) is 8.88. The average molecular weight is 330 g/mol. The van der Waals surface area contributed by atoms with Crippen LogP contribution in [0.2, 0.25) is 0 Å². The van der Waals surface area contributed by atoms with Crippen LogP contribution in [0.15, 0.2) is 15.5 Å². The third-order valence-corrected chi connectivity index (χ3v) is 4.29. The molecule has 0 spiro atoms. The largest absolute Gasteiger partial charge is 0.382 e. The zero-order valence-electron chi connectivity index (χ0n) is 12.4. The van der Waals surface area contributed by atoms with Crippen LogP contribution >= 0.6 is 15.9 Å². The summed E-state index contributed by atoms with van der Waals surface area (Å²) in [5.41, 5.74) is 0.694. The summed E-state index contributed by atoms with van der Waals surface area (Å²) in [7, 11) is 0. The number of hydrogen-bond donors (Lipinski definition) is 1. The van der Waals surface area contributed by atoms with Crippen molar-refractivity contribution in [2.45, 2.75) is 41.2 Å². The van der Waals surface area contributed by atoms with Gasteiger partial charge in [0, 0.05) is 13.1 Å². The molecule has 0 bridgehead atoms. The summed E-state index contributed by atoms with van der Waals surface area (Å²) in [4.78, 5) is 11.9. The summed E-state index contributed by atoms with van der Waals surface area (Å²) in [6, 6.07) is 0. The number of halogens is 1. The van der Waals surface area contributed by atoms with Gasteiger partial charge in [0.25, 0.3) is 5.56 Å². The second kappa shape index (κ2) is 7.08. The van der Waals surface area contributed by atoms with E-state index in [4.69, 9.17) is 0 Å². The average Bonchev–Trinajstić information content (AvgIpc) is 2.34. The second-order valence-electron chi connectivity index (χ2n) is 5.53. The smallest absolute Gasteiger partial charge is 0.283 e. The number of aromatic nitrogens is 2. The third kappa shape index (κ3) is 4.06. The van der Waals surface area contributed by atoms with E-state index in [9.17, 15) is 4.79 Å². The number of hydrogen-bond acceptors (Lipinski definition) is 3. The Balaban J connectivity index is 2.84. The highest BCUT2D eigenvalue weighted by Gasteiger charge is 2.18. The Morgan fingerprint density at radius 3 is 2.37 bits per heavy atom. The molecule has 1 rings (SSSR count). The monoisotopic (exact) mass is 329 g/mol. The van der Waals surface area contributed by atoms with Crippen LogP contribution in [0.5, 0.6) is 0 Å². The van der Waals surface area contributed by atoms with Crippen LogP contribution < -0.4 is 10.9 Å². The number of rotatable bonds is 6. The Kier molecular flexibility index (Phi) is 6.04. The first-order valence-corrected chi connectivity index (χ1v) is 7.67. The molecule has 0 aliphatic rings. The SMILES string of the molecule is CCn1ncc(NCC(C(C)C)C(C)C)c(Br)c1=O. The molecule has 0 unspecified atom stereocenters. The minimum Gasteiger partial charge on any atom is -0.382 e. The molecule has 0 amide bonds. The van der Waals surface area contributed by atoms with Gasteiger partial charge in [0.15, 0.2) is 0 Å². The lowest BCUT2D eigenvalue weighted by Gasteiger charge is -2.25. The van der Waals surface area contributed by atoms with Gasteiger partial charge in [0.2, 0.25) is 0 Å². The summed E-state index contributed by atoms with van der Waals surface area (Å²) < 4.78 is 2.01. The van der Waals surface area contributed by atoms with E-state index in [1.54, 1.807) is 6.20 Å². The van der Waals surface area contributed by atoms with Crippen LogP contribution in [0.25, 0.3) is 0 Å². The van der Waals surface area contributed by atoms with E-state index in [1.165, 1.54) is 4.68 Å². The van der Waals surface area contributed by atoms with Crippen molar-refractivity contribution in [3.8, 4) is 0 Å². The summed E-state index contributed by atoms with van der Waals surface area (Å²) in [5.74, 6) is 1.78. The number of nitrogens with one attached hydrogen (secondary N) is 1. The topological polar surface area (TPSA) is 46.9 Å². The van der Waals surface area contributed by atoms with Crippen molar-refractivity contribution in [3.05, 3.63) is 21.0 Å². The van der Waals surface area contributed by atoms with E-state index in [0.29, 0.717) is 28.8 Å². The van der Waals surface area contributed by atoms with Crippen molar-refractivity contribution >= 4 is 21.6 Å². The fraction of sp³-hybridized carbons (Fsp3) is 0.714. The maximum atomic E-state index is 11.9. The van der Waals surface area contributed by atoms with E-state index < -0.39 is 0 Å². The van der Waals surface area contributed by atoms with E-state index in [2.05, 4.69) is 54.0 Å². The number of nitrogens with zero attached hydrogens (tertiary/aromatic N) is 2. The van der Waals surface area contributed by atoms with E-state index in [1.807, 2.05) is 6.92 Å². The number of anilines is 1. The molecule has 0 saturated heterocycles. The number of aryl methyl sites for hydroxylation is 1. The van der Waals surface area contributed by atoms with Gasteiger partial charge in [0.1, 0.15) is 4.47 Å². The fourth-order valence-electron chi connectivity index (χ4n) is 2.28. The van der Waals surface area contributed by atoms with Gasteiger partial charge in [-0.2, -0.15) is 5.10 Å². The van der Waals surface area contributed by atoms with Crippen LogP contribution in [0, 0.1) is 17.8 Å². The Morgan fingerprint density at radius 1 is 1.32 bits per heavy atom. The standard InChI is InChI=1S/C14H24BrN3O/c1-6-18-14(19)13(15)12(8-17-18)16-7-11(9(2)3)10(4)5/h8-11,16H,6-7H2,1-5H3. The molecular weight excluding hydrogens is 306 g/mol. The lowest BCUT2D eigenvalue weighted by molar-refractivity contribution is 0.304. The minimum atomic E-state index is -0.0851. The molecule has 0 aliphatic heterocycles. The molecule has 0 radical (unpaired) electrons. The van der Waals surface area contributed by atoms with Gasteiger partial charge < -0.3 is 5.32 Å². The Labute approximate surface area is 123 Å². The first kappa shape index (κ1) is 16.2. The van der Waals surface area contributed by atoms with Crippen LogP contribution in [0.1, 0.15) is 34.6 Å². The van der Waals surface area contributed by atoms with Gasteiger partial charge in [-0.1, -0.05) is 27.7 Å². The quantitative estimate of drug-likeness (QED) is 0.870. The fourth-order valence-corrected chi connectivity index (χ4v) is 2.73. The van der Waals surface area contributed by atoms with Crippen LogP contribution in [-0.2, 0) is 6.54 Å². The van der Waals surface area contributed by atoms with E-state index in [-0.39, 0.29) is 5.56 Å². The molecule has 4 nitrogen and oxygen atoms in total. The van der Waals surface area contributed by atoms with Crippen LogP contribution in [0.4, 0.5) is 5.69 Å². The molecule has 108 valence electrons. The van der Waals surface area contributed by atoms with Crippen molar-refractivity contribution in [3.63, 3.8) is 0 Å². The van der Waals surface area contributed by atoms with Gasteiger partial charge in [-0.05, 0) is 40.6 Å². The van der Waals surface area contributed by atoms with Crippen molar-refractivity contribution in [2.75, 3.05) is 11.9 Å². The van der Waals surface area contributed by atoms with E-state index >= 15 is 0 Å². The van der Waals surface area contributed by atoms with Gasteiger partial charge in [-0.15, -0.1) is 0 Å².